The minimum Gasteiger partial charge on any atom is -0.361 e. The van der Waals surface area contributed by atoms with Crippen LogP contribution in [0.1, 0.15) is 5.56 Å². The monoisotopic (exact) mass is 341 g/mol. The van der Waals surface area contributed by atoms with Gasteiger partial charge < -0.3 is 15.6 Å². The van der Waals surface area contributed by atoms with Crippen LogP contribution in [0.2, 0.25) is 0 Å². The van der Waals surface area contributed by atoms with Crippen LogP contribution in [0.15, 0.2) is 85.1 Å². The van der Waals surface area contributed by atoms with Crippen LogP contribution in [-0.4, -0.2) is 10.9 Å². The summed E-state index contributed by atoms with van der Waals surface area (Å²) in [5, 5.41) is 7.39. The molecule has 0 atom stereocenters. The zero-order valence-electron chi connectivity index (χ0n) is 14.2. The normalized spacial score (nSPS) is 10.6. The van der Waals surface area contributed by atoms with Crippen molar-refractivity contribution < 1.29 is 4.79 Å². The molecule has 128 valence electrons. The summed E-state index contributed by atoms with van der Waals surface area (Å²) in [5.74, 6) is -0.0355. The van der Waals surface area contributed by atoms with Gasteiger partial charge in [0.1, 0.15) is 0 Å². The van der Waals surface area contributed by atoms with Crippen molar-refractivity contribution in [1.82, 2.24) is 4.98 Å². The van der Waals surface area contributed by atoms with E-state index in [1.807, 2.05) is 85.1 Å². The molecule has 0 radical (unpaired) electrons. The highest BCUT2D eigenvalue weighted by Gasteiger charge is 2.09. The summed E-state index contributed by atoms with van der Waals surface area (Å²) in [6.45, 7) is 0. The molecule has 0 spiro atoms. The van der Waals surface area contributed by atoms with Crippen LogP contribution < -0.4 is 10.6 Å². The number of rotatable bonds is 5. The number of H-pyrrole nitrogens is 1. The van der Waals surface area contributed by atoms with E-state index in [1.54, 1.807) is 0 Å². The van der Waals surface area contributed by atoms with Gasteiger partial charge in [-0.1, -0.05) is 42.5 Å². The van der Waals surface area contributed by atoms with Gasteiger partial charge in [0.25, 0.3) is 0 Å². The van der Waals surface area contributed by atoms with Gasteiger partial charge in [0.15, 0.2) is 0 Å². The summed E-state index contributed by atoms with van der Waals surface area (Å²) in [6, 6.07) is 25.7. The molecule has 0 saturated heterocycles. The van der Waals surface area contributed by atoms with Crippen molar-refractivity contribution in [3.63, 3.8) is 0 Å². The quantitative estimate of drug-likeness (QED) is 0.473. The molecule has 4 rings (SSSR count). The van der Waals surface area contributed by atoms with E-state index in [4.69, 9.17) is 0 Å². The Kier molecular flexibility index (Phi) is 4.39. The average molecular weight is 341 g/mol. The predicted octanol–water partition coefficient (Wildman–Crippen LogP) is 5.09. The van der Waals surface area contributed by atoms with Crippen LogP contribution in [0, 0.1) is 0 Å². The Hall–Kier alpha value is -3.53. The van der Waals surface area contributed by atoms with Crippen molar-refractivity contribution in [3.05, 3.63) is 90.6 Å². The van der Waals surface area contributed by atoms with Crippen LogP contribution in [0.5, 0.6) is 0 Å². The van der Waals surface area contributed by atoms with Gasteiger partial charge in [-0.25, -0.2) is 0 Å². The van der Waals surface area contributed by atoms with Crippen molar-refractivity contribution in [2.45, 2.75) is 6.42 Å². The number of carbonyl (C=O) groups excluding carboxylic acids is 1. The minimum atomic E-state index is -0.0355. The maximum absolute atomic E-state index is 12.4. The molecule has 0 aliphatic heterocycles. The molecule has 1 aromatic heterocycles. The van der Waals surface area contributed by atoms with E-state index in [0.717, 1.165) is 33.5 Å². The van der Waals surface area contributed by atoms with Crippen molar-refractivity contribution in [1.29, 1.82) is 0 Å². The molecular weight excluding hydrogens is 322 g/mol. The highest BCUT2D eigenvalue weighted by molar-refractivity contribution is 5.96. The Morgan fingerprint density at radius 1 is 0.808 bits per heavy atom. The number of anilines is 3. The van der Waals surface area contributed by atoms with Gasteiger partial charge in [-0.05, 0) is 42.0 Å². The minimum absolute atomic E-state index is 0.0355. The number of nitrogens with one attached hydrogen (secondary N) is 3. The van der Waals surface area contributed by atoms with E-state index in [2.05, 4.69) is 15.6 Å². The Balaban J connectivity index is 1.45. The third-order valence-corrected chi connectivity index (χ3v) is 4.23. The standard InChI is InChI=1S/C22H19N3O/c26-22(13-16-15-23-21-12-5-4-11-20(16)21)25-19-10-6-9-18(14-19)24-17-7-2-1-3-8-17/h1-12,14-15,23-24H,13H2,(H,25,26). The second-order valence-electron chi connectivity index (χ2n) is 6.16. The highest BCUT2D eigenvalue weighted by Crippen LogP contribution is 2.21. The third-order valence-electron chi connectivity index (χ3n) is 4.23. The summed E-state index contributed by atoms with van der Waals surface area (Å²) in [6.07, 6.45) is 2.23. The Bertz CT molecular complexity index is 1040. The highest BCUT2D eigenvalue weighted by atomic mass is 16.1. The van der Waals surface area contributed by atoms with E-state index < -0.39 is 0 Å². The molecule has 4 aromatic rings. The van der Waals surface area contributed by atoms with Crippen molar-refractivity contribution in [2.24, 2.45) is 0 Å². The summed E-state index contributed by atoms with van der Waals surface area (Å²) in [5.41, 5.74) is 4.76. The number of carbonyl (C=O) groups is 1. The van der Waals surface area contributed by atoms with E-state index in [0.29, 0.717) is 6.42 Å². The van der Waals surface area contributed by atoms with Gasteiger partial charge in [0.05, 0.1) is 6.42 Å². The van der Waals surface area contributed by atoms with E-state index >= 15 is 0 Å². The summed E-state index contributed by atoms with van der Waals surface area (Å²) >= 11 is 0. The fourth-order valence-corrected chi connectivity index (χ4v) is 3.02. The smallest absolute Gasteiger partial charge is 0.228 e. The lowest BCUT2D eigenvalue weighted by Gasteiger charge is -2.09. The molecule has 3 aromatic carbocycles. The summed E-state index contributed by atoms with van der Waals surface area (Å²) in [7, 11) is 0. The fourth-order valence-electron chi connectivity index (χ4n) is 3.02. The first kappa shape index (κ1) is 16.0. The van der Waals surface area contributed by atoms with Gasteiger partial charge in [-0.3, -0.25) is 4.79 Å². The number of amides is 1. The van der Waals surface area contributed by atoms with Gasteiger partial charge in [0, 0.05) is 34.2 Å². The summed E-state index contributed by atoms with van der Waals surface area (Å²) < 4.78 is 0. The zero-order valence-corrected chi connectivity index (χ0v) is 14.2. The molecule has 0 bridgehead atoms. The molecular formula is C22H19N3O. The van der Waals surface area contributed by atoms with Gasteiger partial charge in [-0.15, -0.1) is 0 Å². The van der Waals surface area contributed by atoms with Crippen molar-refractivity contribution >= 4 is 33.9 Å². The van der Waals surface area contributed by atoms with Gasteiger partial charge in [0.2, 0.25) is 5.91 Å². The fraction of sp³-hybridized carbons (Fsp3) is 0.0455. The Morgan fingerprint density at radius 3 is 2.42 bits per heavy atom. The first-order valence-electron chi connectivity index (χ1n) is 8.55. The molecule has 0 aliphatic carbocycles. The third kappa shape index (κ3) is 3.59. The van der Waals surface area contributed by atoms with Crippen LogP contribution >= 0.6 is 0 Å². The number of para-hydroxylation sites is 2. The molecule has 1 amide bonds. The first-order valence-corrected chi connectivity index (χ1v) is 8.55. The van der Waals surface area contributed by atoms with Crippen LogP contribution in [0.25, 0.3) is 10.9 Å². The van der Waals surface area contributed by atoms with Crippen LogP contribution in [-0.2, 0) is 11.2 Å². The number of benzene rings is 3. The number of hydrogen-bond acceptors (Lipinski definition) is 2. The van der Waals surface area contributed by atoms with Crippen molar-refractivity contribution in [3.8, 4) is 0 Å². The van der Waals surface area contributed by atoms with E-state index in [1.165, 1.54) is 0 Å². The van der Waals surface area contributed by atoms with E-state index in [9.17, 15) is 4.79 Å². The molecule has 4 heteroatoms. The molecule has 3 N–H and O–H groups in total. The second kappa shape index (κ2) is 7.15. The largest absolute Gasteiger partial charge is 0.361 e. The van der Waals surface area contributed by atoms with Gasteiger partial charge >= 0.3 is 0 Å². The average Bonchev–Trinajstić information content (AvgIpc) is 3.06. The van der Waals surface area contributed by atoms with E-state index in [-0.39, 0.29) is 5.91 Å². The first-order chi connectivity index (χ1) is 12.8. The predicted molar refractivity (Wildman–Crippen MR) is 107 cm³/mol. The zero-order chi connectivity index (χ0) is 17.8. The number of aromatic amines is 1. The molecule has 1 heterocycles. The molecule has 0 saturated carbocycles. The maximum Gasteiger partial charge on any atom is 0.228 e. The van der Waals surface area contributed by atoms with Gasteiger partial charge in [-0.2, -0.15) is 0 Å². The van der Waals surface area contributed by atoms with Crippen LogP contribution in [0.4, 0.5) is 17.1 Å². The second-order valence-corrected chi connectivity index (χ2v) is 6.16. The topological polar surface area (TPSA) is 56.9 Å². The lowest BCUT2D eigenvalue weighted by molar-refractivity contribution is -0.115. The Morgan fingerprint density at radius 2 is 1.54 bits per heavy atom. The molecule has 0 unspecified atom stereocenters. The lowest BCUT2D eigenvalue weighted by atomic mass is 10.1. The maximum atomic E-state index is 12.4. The molecule has 0 fully saturated rings. The number of aromatic nitrogens is 1. The van der Waals surface area contributed by atoms with Crippen LogP contribution in [0.3, 0.4) is 0 Å². The van der Waals surface area contributed by atoms with Crippen molar-refractivity contribution in [2.75, 3.05) is 10.6 Å². The Labute approximate surface area is 151 Å². The molecule has 4 nitrogen and oxygen atoms in total. The SMILES string of the molecule is O=C(Cc1c[nH]c2ccccc12)Nc1cccc(Nc2ccccc2)c1. The molecule has 26 heavy (non-hydrogen) atoms. The summed E-state index contributed by atoms with van der Waals surface area (Å²) in [4.78, 5) is 15.7. The number of fused-ring (bicyclic) bond motifs is 1. The lowest BCUT2D eigenvalue weighted by Crippen LogP contribution is -2.14. The molecule has 0 aliphatic rings. The number of hydrogen-bond donors (Lipinski definition) is 3.